The van der Waals surface area contributed by atoms with Gasteiger partial charge >= 0.3 is 6.03 Å². The Kier molecular flexibility index (Phi) is 5.65. The van der Waals surface area contributed by atoms with Crippen LogP contribution in [0, 0.1) is 0 Å². The largest absolute Gasteiger partial charge is 0.351 e. The first-order valence-corrected chi connectivity index (χ1v) is 7.07. The molecule has 7 nitrogen and oxygen atoms in total. The summed E-state index contributed by atoms with van der Waals surface area (Å²) in [5.74, 6) is -0.321. The molecule has 0 unspecified atom stereocenters. The van der Waals surface area contributed by atoms with Crippen molar-refractivity contribution in [2.75, 3.05) is 32.7 Å². The quantitative estimate of drug-likeness (QED) is 0.783. The van der Waals surface area contributed by atoms with Crippen LogP contribution in [0.2, 0.25) is 0 Å². The highest BCUT2D eigenvalue weighted by Gasteiger charge is 2.18. The Morgan fingerprint density at radius 1 is 1.19 bits per heavy atom. The van der Waals surface area contributed by atoms with E-state index in [4.69, 9.17) is 5.73 Å². The Bertz CT molecular complexity index is 472. The van der Waals surface area contributed by atoms with Crippen LogP contribution in [-0.2, 0) is 11.3 Å². The van der Waals surface area contributed by atoms with E-state index in [1.165, 1.54) is 0 Å². The first-order valence-electron chi connectivity index (χ1n) is 7.07. The molecule has 0 saturated carbocycles. The fourth-order valence-corrected chi connectivity index (χ4v) is 2.35. The van der Waals surface area contributed by atoms with E-state index < -0.39 is 6.03 Å². The molecule has 0 radical (unpaired) electrons. The van der Waals surface area contributed by atoms with Crippen LogP contribution in [0.15, 0.2) is 24.4 Å². The monoisotopic (exact) mass is 291 g/mol. The van der Waals surface area contributed by atoms with Crippen molar-refractivity contribution in [3.05, 3.63) is 30.1 Å². The molecule has 0 atom stereocenters. The number of aromatic nitrogens is 1. The molecule has 114 valence electrons. The van der Waals surface area contributed by atoms with Crippen molar-refractivity contribution in [1.82, 2.24) is 20.1 Å². The molecule has 0 spiro atoms. The van der Waals surface area contributed by atoms with Crippen molar-refractivity contribution in [2.45, 2.75) is 13.0 Å². The molecule has 0 aromatic carbocycles. The van der Waals surface area contributed by atoms with E-state index in [0.29, 0.717) is 13.0 Å². The minimum Gasteiger partial charge on any atom is -0.351 e. The Labute approximate surface area is 124 Å². The van der Waals surface area contributed by atoms with Gasteiger partial charge in [0, 0.05) is 51.9 Å². The Morgan fingerprint density at radius 2 is 1.90 bits per heavy atom. The van der Waals surface area contributed by atoms with Gasteiger partial charge in [0.25, 0.3) is 0 Å². The van der Waals surface area contributed by atoms with Gasteiger partial charge in [0.1, 0.15) is 0 Å². The predicted octanol–water partition coefficient (Wildman–Crippen LogP) is -0.216. The Hall–Kier alpha value is -1.99. The first kappa shape index (κ1) is 15.4. The second-order valence-corrected chi connectivity index (χ2v) is 5.10. The predicted molar refractivity (Wildman–Crippen MR) is 78.3 cm³/mol. The molecule has 0 bridgehead atoms. The van der Waals surface area contributed by atoms with E-state index in [1.54, 1.807) is 0 Å². The molecule has 1 aliphatic heterocycles. The van der Waals surface area contributed by atoms with Crippen LogP contribution < -0.4 is 11.1 Å². The third-order valence-corrected chi connectivity index (χ3v) is 3.49. The van der Waals surface area contributed by atoms with Gasteiger partial charge in [-0.15, -0.1) is 0 Å². The second-order valence-electron chi connectivity index (χ2n) is 5.10. The van der Waals surface area contributed by atoms with Crippen LogP contribution in [0.5, 0.6) is 0 Å². The van der Waals surface area contributed by atoms with Crippen molar-refractivity contribution in [2.24, 2.45) is 5.73 Å². The highest BCUT2D eigenvalue weighted by molar-refractivity contribution is 5.93. The van der Waals surface area contributed by atoms with E-state index in [2.05, 4.69) is 20.1 Å². The van der Waals surface area contributed by atoms with Gasteiger partial charge in [-0.05, 0) is 12.1 Å². The number of hydrogen-bond acceptors (Lipinski definition) is 5. The summed E-state index contributed by atoms with van der Waals surface area (Å²) in [5, 5.41) is 2.08. The molecule has 21 heavy (non-hydrogen) atoms. The summed E-state index contributed by atoms with van der Waals surface area (Å²) in [4.78, 5) is 30.8. The number of amides is 3. The van der Waals surface area contributed by atoms with Crippen molar-refractivity contribution in [3.63, 3.8) is 0 Å². The molecular formula is C14H21N5O2. The number of imide groups is 1. The number of carbonyl (C=O) groups is 2. The number of rotatable bonds is 5. The third kappa shape index (κ3) is 5.49. The van der Waals surface area contributed by atoms with Crippen LogP contribution in [0.4, 0.5) is 4.79 Å². The zero-order valence-electron chi connectivity index (χ0n) is 12.0. The number of carbonyl (C=O) groups excluding carboxylic acids is 2. The summed E-state index contributed by atoms with van der Waals surface area (Å²) in [6.45, 7) is 5.24. The first-order chi connectivity index (χ1) is 10.1. The van der Waals surface area contributed by atoms with E-state index in [0.717, 1.165) is 38.4 Å². The lowest BCUT2D eigenvalue weighted by atomic mass is 10.2. The highest BCUT2D eigenvalue weighted by atomic mass is 16.2. The van der Waals surface area contributed by atoms with Gasteiger partial charge in [0.05, 0.1) is 5.69 Å². The molecular weight excluding hydrogens is 270 g/mol. The lowest BCUT2D eigenvalue weighted by molar-refractivity contribution is -0.120. The number of piperazine rings is 1. The van der Waals surface area contributed by atoms with Crippen LogP contribution >= 0.6 is 0 Å². The van der Waals surface area contributed by atoms with Gasteiger partial charge in [0.2, 0.25) is 5.91 Å². The summed E-state index contributed by atoms with van der Waals surface area (Å²) in [5.41, 5.74) is 5.97. The lowest BCUT2D eigenvalue weighted by Gasteiger charge is -2.34. The number of pyridine rings is 1. The van der Waals surface area contributed by atoms with Crippen molar-refractivity contribution < 1.29 is 9.59 Å². The minimum absolute atomic E-state index is 0.295. The van der Waals surface area contributed by atoms with Crippen molar-refractivity contribution in [1.29, 1.82) is 0 Å². The molecule has 2 rings (SSSR count). The molecule has 1 fully saturated rings. The van der Waals surface area contributed by atoms with Gasteiger partial charge in [-0.2, -0.15) is 0 Å². The summed E-state index contributed by atoms with van der Waals surface area (Å²) in [6.07, 6.45) is 2.10. The zero-order chi connectivity index (χ0) is 15.1. The van der Waals surface area contributed by atoms with Gasteiger partial charge in [-0.25, -0.2) is 4.79 Å². The molecule has 1 aromatic rings. The fourth-order valence-electron chi connectivity index (χ4n) is 2.35. The number of hydrogen-bond donors (Lipinski definition) is 2. The Morgan fingerprint density at radius 3 is 2.52 bits per heavy atom. The normalized spacial score (nSPS) is 16.6. The van der Waals surface area contributed by atoms with Gasteiger partial charge in [-0.3, -0.25) is 20.0 Å². The van der Waals surface area contributed by atoms with Crippen molar-refractivity contribution in [3.8, 4) is 0 Å². The van der Waals surface area contributed by atoms with Crippen LogP contribution in [0.3, 0.4) is 0 Å². The van der Waals surface area contributed by atoms with Gasteiger partial charge < -0.3 is 10.6 Å². The van der Waals surface area contributed by atoms with Crippen molar-refractivity contribution >= 4 is 11.9 Å². The maximum absolute atomic E-state index is 11.3. The average molecular weight is 291 g/mol. The average Bonchev–Trinajstić information content (AvgIpc) is 2.47. The summed E-state index contributed by atoms with van der Waals surface area (Å²) in [6, 6.07) is 5.15. The molecule has 1 aliphatic rings. The number of urea groups is 1. The highest BCUT2D eigenvalue weighted by Crippen LogP contribution is 2.06. The van der Waals surface area contributed by atoms with Gasteiger partial charge in [-0.1, -0.05) is 6.07 Å². The van der Waals surface area contributed by atoms with Crippen LogP contribution in [0.1, 0.15) is 12.1 Å². The molecule has 2 heterocycles. The summed E-state index contributed by atoms with van der Waals surface area (Å²) < 4.78 is 0. The molecule has 1 saturated heterocycles. The standard InChI is InChI=1S/C14H21N5O2/c15-14(21)17-13(20)4-6-18-7-9-19(10-8-18)11-12-3-1-2-5-16-12/h1-3,5H,4,6-11H2,(H3,15,17,20,21). The van der Waals surface area contributed by atoms with Crippen LogP contribution in [0.25, 0.3) is 0 Å². The molecule has 1 aromatic heterocycles. The van der Waals surface area contributed by atoms with Gasteiger partial charge in [0.15, 0.2) is 0 Å². The molecule has 0 aliphatic carbocycles. The van der Waals surface area contributed by atoms with Crippen LogP contribution in [-0.4, -0.2) is 59.4 Å². The summed E-state index contributed by atoms with van der Waals surface area (Å²) in [7, 11) is 0. The maximum Gasteiger partial charge on any atom is 0.318 e. The zero-order valence-corrected chi connectivity index (χ0v) is 12.0. The van der Waals surface area contributed by atoms with E-state index >= 15 is 0 Å². The van der Waals surface area contributed by atoms with E-state index in [9.17, 15) is 9.59 Å². The summed E-state index contributed by atoms with van der Waals surface area (Å²) >= 11 is 0. The number of nitrogens with two attached hydrogens (primary N) is 1. The minimum atomic E-state index is -0.791. The van der Waals surface area contributed by atoms with E-state index in [1.807, 2.05) is 24.4 Å². The number of nitrogens with one attached hydrogen (secondary N) is 1. The molecule has 7 heteroatoms. The number of primary amides is 1. The fraction of sp³-hybridized carbons (Fsp3) is 0.500. The molecule has 3 amide bonds. The topological polar surface area (TPSA) is 91.6 Å². The lowest BCUT2D eigenvalue weighted by Crippen LogP contribution is -2.47. The Balaban J connectivity index is 1.66. The molecule has 3 N–H and O–H groups in total. The third-order valence-electron chi connectivity index (χ3n) is 3.49. The smallest absolute Gasteiger partial charge is 0.318 e. The second kappa shape index (κ2) is 7.70. The SMILES string of the molecule is NC(=O)NC(=O)CCN1CCN(Cc2ccccn2)CC1. The maximum atomic E-state index is 11.3. The van der Waals surface area contributed by atoms with E-state index in [-0.39, 0.29) is 5.91 Å². The number of nitrogens with zero attached hydrogens (tertiary/aromatic N) is 3.